The van der Waals surface area contributed by atoms with Gasteiger partial charge < -0.3 is 10.1 Å². The van der Waals surface area contributed by atoms with Crippen LogP contribution in [0.2, 0.25) is 0 Å². The molecule has 0 fully saturated rings. The number of aromatic nitrogens is 1. The van der Waals surface area contributed by atoms with Crippen molar-refractivity contribution in [1.82, 2.24) is 4.98 Å². The number of ketones is 1. The molecule has 1 heterocycles. The molecule has 0 saturated carbocycles. The van der Waals surface area contributed by atoms with E-state index in [2.05, 4.69) is 5.32 Å². The normalized spacial score (nSPS) is 12.8. The van der Waals surface area contributed by atoms with Crippen molar-refractivity contribution in [3.05, 3.63) is 70.9 Å². The Hall–Kier alpha value is -3.54. The fourth-order valence-electron chi connectivity index (χ4n) is 3.79. The summed E-state index contributed by atoms with van der Waals surface area (Å²) in [4.78, 5) is 41.2. The topological polar surface area (TPSA) is 85.4 Å². The highest BCUT2D eigenvalue weighted by Crippen LogP contribution is 2.29. The summed E-state index contributed by atoms with van der Waals surface area (Å²) in [7, 11) is 0. The van der Waals surface area contributed by atoms with Gasteiger partial charge in [-0.3, -0.25) is 14.6 Å². The van der Waals surface area contributed by atoms with E-state index in [0.29, 0.717) is 16.8 Å². The van der Waals surface area contributed by atoms with Crippen LogP contribution in [0.3, 0.4) is 0 Å². The van der Waals surface area contributed by atoms with Crippen molar-refractivity contribution in [2.45, 2.75) is 32.6 Å². The Kier molecular flexibility index (Phi) is 5.57. The van der Waals surface area contributed by atoms with E-state index < -0.39 is 18.5 Å². The highest BCUT2D eigenvalue weighted by Gasteiger charge is 2.24. The van der Waals surface area contributed by atoms with E-state index in [1.165, 1.54) is 6.92 Å². The molecule has 0 bridgehead atoms. The molecule has 4 rings (SSSR count). The van der Waals surface area contributed by atoms with Crippen molar-refractivity contribution in [3.8, 4) is 0 Å². The van der Waals surface area contributed by atoms with Crippen molar-refractivity contribution in [1.29, 1.82) is 0 Å². The van der Waals surface area contributed by atoms with Crippen LogP contribution in [0.1, 0.15) is 51.7 Å². The molecule has 0 atom stereocenters. The molecule has 1 aliphatic rings. The van der Waals surface area contributed by atoms with Gasteiger partial charge in [0, 0.05) is 22.3 Å². The largest absolute Gasteiger partial charge is 0.452 e. The second-order valence-corrected chi connectivity index (χ2v) is 7.39. The number of carbonyl (C=O) groups is 3. The summed E-state index contributed by atoms with van der Waals surface area (Å²) in [5.41, 5.74) is 4.27. The smallest absolute Gasteiger partial charge is 0.339 e. The first kappa shape index (κ1) is 19.8. The number of ether oxygens (including phenoxy) is 1. The van der Waals surface area contributed by atoms with Crippen molar-refractivity contribution < 1.29 is 19.1 Å². The summed E-state index contributed by atoms with van der Waals surface area (Å²) in [5, 5.41) is 3.43. The number of hydrogen-bond acceptors (Lipinski definition) is 5. The number of anilines is 1. The molecule has 3 aromatic rings. The number of benzene rings is 2. The van der Waals surface area contributed by atoms with E-state index in [-0.39, 0.29) is 5.78 Å². The molecule has 152 valence electrons. The van der Waals surface area contributed by atoms with Gasteiger partial charge in [0.05, 0.1) is 11.1 Å². The predicted octanol–water partition coefficient (Wildman–Crippen LogP) is 4.11. The van der Waals surface area contributed by atoms with E-state index in [4.69, 9.17) is 9.72 Å². The molecule has 1 aliphatic carbocycles. The maximum Gasteiger partial charge on any atom is 0.339 e. The SMILES string of the molecule is CC(=O)c1ccc(NC(=O)COC(=O)c2c3c(nc4ccccc24)CCCC3)cc1. The second-order valence-electron chi connectivity index (χ2n) is 7.39. The number of rotatable bonds is 5. The number of Topliss-reactive ketones (excluding diaryl/α,β-unsaturated/α-hetero) is 1. The standard InChI is InChI=1S/C24H22N2O4/c1-15(27)16-10-12-17(13-11-16)25-22(28)14-30-24(29)23-18-6-2-4-8-20(18)26-21-9-5-3-7-19(21)23/h2,4,6,8,10-13H,3,5,7,9,14H2,1H3,(H,25,28). The number of para-hydroxylation sites is 1. The second kappa shape index (κ2) is 8.45. The first-order chi connectivity index (χ1) is 14.5. The molecule has 0 radical (unpaired) electrons. The van der Waals surface area contributed by atoms with Crippen molar-refractivity contribution in [2.24, 2.45) is 0 Å². The van der Waals surface area contributed by atoms with Crippen LogP contribution in [0.15, 0.2) is 48.5 Å². The minimum absolute atomic E-state index is 0.0466. The zero-order valence-corrected chi connectivity index (χ0v) is 16.7. The lowest BCUT2D eigenvalue weighted by Crippen LogP contribution is -2.22. The first-order valence-electron chi connectivity index (χ1n) is 10.0. The van der Waals surface area contributed by atoms with Gasteiger partial charge in [0.2, 0.25) is 0 Å². The molecule has 0 spiro atoms. The summed E-state index contributed by atoms with van der Waals surface area (Å²) >= 11 is 0. The number of esters is 1. The first-order valence-corrected chi connectivity index (χ1v) is 10.0. The summed E-state index contributed by atoms with van der Waals surface area (Å²) in [6.45, 7) is 1.09. The third-order valence-electron chi connectivity index (χ3n) is 5.28. The Morgan fingerprint density at radius 2 is 1.73 bits per heavy atom. The average Bonchev–Trinajstić information content (AvgIpc) is 2.76. The van der Waals surface area contributed by atoms with Crippen molar-refractivity contribution >= 4 is 34.3 Å². The number of hydrogen-bond donors (Lipinski definition) is 1. The lowest BCUT2D eigenvalue weighted by Gasteiger charge is -2.19. The third kappa shape index (κ3) is 4.08. The van der Waals surface area contributed by atoms with Crippen LogP contribution in [-0.4, -0.2) is 29.3 Å². The molecule has 1 amide bonds. The Morgan fingerprint density at radius 1 is 1.00 bits per heavy atom. The molecule has 1 N–H and O–H groups in total. The summed E-state index contributed by atoms with van der Waals surface area (Å²) in [5.74, 6) is -0.991. The lowest BCUT2D eigenvalue weighted by molar-refractivity contribution is -0.119. The Bertz CT molecular complexity index is 1140. The zero-order chi connectivity index (χ0) is 21.1. The fourth-order valence-corrected chi connectivity index (χ4v) is 3.79. The Labute approximate surface area is 174 Å². The van der Waals surface area contributed by atoms with Crippen LogP contribution in [0.4, 0.5) is 5.69 Å². The van der Waals surface area contributed by atoms with Crippen LogP contribution in [-0.2, 0) is 22.4 Å². The average molecular weight is 402 g/mol. The Balaban J connectivity index is 1.49. The number of aryl methyl sites for hydroxylation is 1. The lowest BCUT2D eigenvalue weighted by atomic mass is 9.90. The van der Waals surface area contributed by atoms with Crippen LogP contribution >= 0.6 is 0 Å². The predicted molar refractivity (Wildman–Crippen MR) is 114 cm³/mol. The molecule has 6 heteroatoms. The summed E-state index contributed by atoms with van der Waals surface area (Å²) < 4.78 is 5.37. The number of amides is 1. The number of pyridine rings is 1. The number of carbonyl (C=O) groups excluding carboxylic acids is 3. The maximum atomic E-state index is 12.9. The van der Waals surface area contributed by atoms with Gasteiger partial charge in [0.15, 0.2) is 12.4 Å². The number of nitrogens with zero attached hydrogens (tertiary/aromatic N) is 1. The third-order valence-corrected chi connectivity index (χ3v) is 5.28. The highest BCUT2D eigenvalue weighted by atomic mass is 16.5. The van der Waals surface area contributed by atoms with Crippen LogP contribution in [0.5, 0.6) is 0 Å². The minimum atomic E-state index is -0.506. The number of fused-ring (bicyclic) bond motifs is 2. The molecule has 30 heavy (non-hydrogen) atoms. The van der Waals surface area contributed by atoms with Gasteiger partial charge >= 0.3 is 5.97 Å². The fraction of sp³-hybridized carbons (Fsp3) is 0.250. The summed E-state index contributed by atoms with van der Waals surface area (Å²) in [6.07, 6.45) is 3.69. The highest BCUT2D eigenvalue weighted by molar-refractivity contribution is 6.06. The molecule has 0 aliphatic heterocycles. The molecule has 1 aromatic heterocycles. The van der Waals surface area contributed by atoms with E-state index in [9.17, 15) is 14.4 Å². The molecular formula is C24H22N2O4. The van der Waals surface area contributed by atoms with Gasteiger partial charge in [-0.2, -0.15) is 0 Å². The molecule has 0 saturated heterocycles. The van der Waals surface area contributed by atoms with Crippen molar-refractivity contribution in [2.75, 3.05) is 11.9 Å². The van der Waals surface area contributed by atoms with E-state index in [1.807, 2.05) is 24.3 Å². The monoisotopic (exact) mass is 402 g/mol. The zero-order valence-electron chi connectivity index (χ0n) is 16.7. The molecule has 6 nitrogen and oxygen atoms in total. The van der Waals surface area contributed by atoms with E-state index in [0.717, 1.165) is 47.8 Å². The molecule has 2 aromatic carbocycles. The quantitative estimate of drug-likeness (QED) is 0.513. The van der Waals surface area contributed by atoms with E-state index >= 15 is 0 Å². The van der Waals surface area contributed by atoms with Crippen LogP contribution in [0, 0.1) is 0 Å². The van der Waals surface area contributed by atoms with Crippen LogP contribution < -0.4 is 5.32 Å². The summed E-state index contributed by atoms with van der Waals surface area (Å²) in [6, 6.07) is 14.1. The molecular weight excluding hydrogens is 380 g/mol. The molecule has 0 unspecified atom stereocenters. The van der Waals surface area contributed by atoms with Gasteiger partial charge in [0.25, 0.3) is 5.91 Å². The van der Waals surface area contributed by atoms with Crippen LogP contribution in [0.25, 0.3) is 10.9 Å². The van der Waals surface area contributed by atoms with Gasteiger partial charge in [-0.05, 0) is 68.5 Å². The van der Waals surface area contributed by atoms with Crippen molar-refractivity contribution in [3.63, 3.8) is 0 Å². The maximum absolute atomic E-state index is 12.9. The minimum Gasteiger partial charge on any atom is -0.452 e. The van der Waals surface area contributed by atoms with Gasteiger partial charge in [-0.1, -0.05) is 18.2 Å². The Morgan fingerprint density at radius 3 is 2.50 bits per heavy atom. The van der Waals surface area contributed by atoms with Gasteiger partial charge in [0.1, 0.15) is 0 Å². The van der Waals surface area contributed by atoms with Gasteiger partial charge in [-0.25, -0.2) is 4.79 Å². The number of nitrogens with one attached hydrogen (secondary N) is 1. The van der Waals surface area contributed by atoms with Gasteiger partial charge in [-0.15, -0.1) is 0 Å². The van der Waals surface area contributed by atoms with E-state index in [1.54, 1.807) is 24.3 Å².